The van der Waals surface area contributed by atoms with Crippen LogP contribution < -0.4 is 0 Å². The van der Waals surface area contributed by atoms with E-state index in [-0.39, 0.29) is 63.6 Å². The van der Waals surface area contributed by atoms with Crippen LogP contribution in [0, 0.1) is 47.3 Å². The molecule has 8 unspecified atom stereocenters. The minimum atomic E-state index is -0.455. The van der Waals surface area contributed by atoms with Crippen molar-refractivity contribution in [1.29, 1.82) is 0 Å². The van der Waals surface area contributed by atoms with Crippen LogP contribution >= 0.6 is 34.0 Å². The third kappa shape index (κ3) is 4.53. The molecule has 6 saturated carbocycles. The van der Waals surface area contributed by atoms with Crippen LogP contribution in [0.3, 0.4) is 0 Å². The van der Waals surface area contributed by atoms with Crippen LogP contribution in [-0.4, -0.2) is 34.6 Å². The van der Waals surface area contributed by atoms with Crippen LogP contribution in [0.1, 0.15) is 126 Å². The van der Waals surface area contributed by atoms with E-state index < -0.39 is 5.41 Å². The topological polar surface area (TPSA) is 93.0 Å². The molecule has 9 heteroatoms. The summed E-state index contributed by atoms with van der Waals surface area (Å²) in [6.07, 6.45) is 15.4. The quantitative estimate of drug-likeness (QED) is 0.260. The molecule has 3 heterocycles. The molecule has 6 nitrogen and oxygen atoms in total. The van der Waals surface area contributed by atoms with Crippen LogP contribution in [0.2, 0.25) is 0 Å². The van der Waals surface area contributed by atoms with E-state index in [0.717, 1.165) is 41.1 Å². The smallest absolute Gasteiger partial charge is 0.188 e. The molecule has 8 aliphatic carbocycles. The number of ketones is 4. The average Bonchev–Trinajstić information content (AvgIpc) is 3.97. The number of Topliss-reactive ketones (excluding diaryl/α,β-unsaturated/α-hetero) is 4. The molecule has 8 atom stereocenters. The predicted molar refractivity (Wildman–Crippen MR) is 214 cm³/mol. The molecular weight excluding hydrogens is 717 g/mol. The molecule has 3 aromatic rings. The van der Waals surface area contributed by atoms with Crippen LogP contribution in [-0.2, 0) is 30.0 Å². The van der Waals surface area contributed by atoms with Crippen LogP contribution in [0.5, 0.6) is 0 Å². The number of carbonyl (C=O) groups is 4. The summed E-state index contributed by atoms with van der Waals surface area (Å²) >= 11 is 5.22. The van der Waals surface area contributed by atoms with Gasteiger partial charge in [-0.15, -0.1) is 34.0 Å². The van der Waals surface area contributed by atoms with Gasteiger partial charge in [-0.1, -0.05) is 79.1 Å². The van der Waals surface area contributed by atoms with Gasteiger partial charge in [-0.05, 0) is 78.2 Å². The Kier molecular flexibility index (Phi) is 7.16. The fourth-order valence-corrected chi connectivity index (χ4v) is 17.2. The first-order valence-electron chi connectivity index (χ1n) is 20.2. The highest BCUT2D eigenvalue weighted by Crippen LogP contribution is 2.65. The lowest BCUT2D eigenvalue weighted by atomic mass is 9.64. The average molecular weight is 763 g/mol. The van der Waals surface area contributed by atoms with Crippen molar-refractivity contribution in [2.24, 2.45) is 57.3 Å². The second kappa shape index (κ2) is 11.3. The number of rotatable bonds is 2. The summed E-state index contributed by atoms with van der Waals surface area (Å²) in [6, 6.07) is 2.09. The zero-order valence-corrected chi connectivity index (χ0v) is 33.5. The van der Waals surface area contributed by atoms with Gasteiger partial charge in [-0.25, -0.2) is 9.98 Å². The van der Waals surface area contributed by atoms with Gasteiger partial charge >= 0.3 is 0 Å². The number of fused-ring (bicyclic) bond motifs is 11. The molecule has 3 aromatic heterocycles. The lowest BCUT2D eigenvalue weighted by molar-refractivity contribution is -0.123. The molecule has 0 amide bonds. The molecule has 0 radical (unpaired) electrons. The number of nitrogens with zero attached hydrogens (tertiary/aromatic N) is 2. The molecule has 274 valence electrons. The number of allylic oxidation sites excluding steroid dienone is 1. The Labute approximate surface area is 322 Å². The molecule has 6 fully saturated rings. The van der Waals surface area contributed by atoms with Gasteiger partial charge < -0.3 is 0 Å². The maximum atomic E-state index is 13.8. The molecule has 0 aromatic carbocycles. The van der Waals surface area contributed by atoms with Crippen molar-refractivity contribution in [3.8, 4) is 9.75 Å². The summed E-state index contributed by atoms with van der Waals surface area (Å²) in [5, 5.41) is 0.754. The van der Waals surface area contributed by atoms with Crippen LogP contribution in [0.15, 0.2) is 21.7 Å². The Morgan fingerprint density at radius 2 is 1.04 bits per heavy atom. The Balaban J connectivity index is 0.903. The van der Waals surface area contributed by atoms with Gasteiger partial charge in [0.15, 0.2) is 28.8 Å². The first-order valence-corrected chi connectivity index (χ1v) is 22.7. The summed E-state index contributed by atoms with van der Waals surface area (Å²) in [6.45, 7) is 9.02. The largest absolute Gasteiger partial charge is 0.292 e. The van der Waals surface area contributed by atoms with Gasteiger partial charge in [0.2, 0.25) is 0 Å². The molecule has 8 aliphatic rings. The summed E-state index contributed by atoms with van der Waals surface area (Å²) in [5.41, 5.74) is 4.38. The van der Waals surface area contributed by atoms with Crippen LogP contribution in [0.25, 0.3) is 25.2 Å². The van der Waals surface area contributed by atoms with E-state index in [1.165, 1.54) is 87.4 Å². The maximum absolute atomic E-state index is 13.8. The van der Waals surface area contributed by atoms with E-state index in [9.17, 15) is 19.2 Å². The molecule has 0 spiro atoms. The minimum absolute atomic E-state index is 0.0130. The van der Waals surface area contributed by atoms with Gasteiger partial charge in [0, 0.05) is 49.0 Å². The van der Waals surface area contributed by atoms with Crippen molar-refractivity contribution in [2.45, 2.75) is 116 Å². The SMILES string of the molecule is CC1(C)C(N=C2C(=O)C3CC4CCCCC4CC3C2=O)=Cc2sc3c(c21)C(C)(C)c1c-3sc2cc(N=C3C(=O)C4CC5CCCCC5CC4C3=O)sc12. The molecule has 11 rings (SSSR count). The minimum Gasteiger partial charge on any atom is -0.292 e. The van der Waals surface area contributed by atoms with Crippen molar-refractivity contribution in [1.82, 2.24) is 0 Å². The summed E-state index contributed by atoms with van der Waals surface area (Å²) < 4.78 is 2.36. The highest BCUT2D eigenvalue weighted by Gasteiger charge is 2.55. The van der Waals surface area contributed by atoms with Gasteiger partial charge in [0.1, 0.15) is 10.7 Å². The van der Waals surface area contributed by atoms with Crippen molar-refractivity contribution < 1.29 is 19.2 Å². The summed E-state index contributed by atoms with van der Waals surface area (Å²) in [7, 11) is 0. The van der Waals surface area contributed by atoms with Crippen molar-refractivity contribution >= 4 is 89.0 Å². The fraction of sp³-hybridized carbons (Fsp3) is 0.591. The van der Waals surface area contributed by atoms with E-state index in [2.05, 4.69) is 39.8 Å². The van der Waals surface area contributed by atoms with Crippen molar-refractivity contribution in [2.75, 3.05) is 0 Å². The molecule has 0 bridgehead atoms. The first kappa shape index (κ1) is 33.5. The molecule has 0 saturated heterocycles. The zero-order chi connectivity index (χ0) is 36.3. The first-order chi connectivity index (χ1) is 25.4. The Morgan fingerprint density at radius 3 is 1.55 bits per heavy atom. The fourth-order valence-electron chi connectivity index (χ4n) is 12.6. The summed E-state index contributed by atoms with van der Waals surface area (Å²) in [4.78, 5) is 68.6. The van der Waals surface area contributed by atoms with E-state index in [0.29, 0.717) is 23.7 Å². The van der Waals surface area contributed by atoms with Gasteiger partial charge in [-0.2, -0.15) is 0 Å². The number of aliphatic imine (C=N–C) groups is 2. The second-order valence-electron chi connectivity index (χ2n) is 18.8. The van der Waals surface area contributed by atoms with Crippen LogP contribution in [0.4, 0.5) is 5.00 Å². The van der Waals surface area contributed by atoms with E-state index >= 15 is 0 Å². The maximum Gasteiger partial charge on any atom is 0.188 e. The zero-order valence-electron chi connectivity index (χ0n) is 31.0. The number of carbonyl (C=O) groups excluding carboxylic acids is 4. The third-order valence-electron chi connectivity index (χ3n) is 15.3. The number of thiophene rings is 3. The molecular formula is C44H46N2O4S3. The van der Waals surface area contributed by atoms with Gasteiger partial charge in [-0.3, -0.25) is 19.2 Å². The monoisotopic (exact) mass is 762 g/mol. The normalized spacial score (nSPS) is 34.8. The standard InChI is InChI=1S/C44H46N2O4S3/c1-43(2)29(45-34-36(47)23-13-19-9-5-6-10-20(19)14-24(23)37(34)48)17-27-31(43)32-41(51-27)42-33(44(32,3)4)40-28(52-42)18-30(53-40)46-35-38(49)25-15-21-11-7-8-12-22(21)16-26(25)39(35)50/h17-26H,5-16H2,1-4H3. The highest BCUT2D eigenvalue weighted by atomic mass is 32.1. The summed E-state index contributed by atoms with van der Waals surface area (Å²) in [5.74, 6) is 1.58. The lowest BCUT2D eigenvalue weighted by Gasteiger charge is -2.39. The highest BCUT2D eigenvalue weighted by molar-refractivity contribution is 7.33. The number of hydrogen-bond donors (Lipinski definition) is 0. The molecule has 0 aliphatic heterocycles. The van der Waals surface area contributed by atoms with Gasteiger partial charge in [0.25, 0.3) is 0 Å². The van der Waals surface area contributed by atoms with E-state index in [1.807, 2.05) is 11.3 Å². The predicted octanol–water partition coefficient (Wildman–Crippen LogP) is 10.4. The molecule has 53 heavy (non-hydrogen) atoms. The Morgan fingerprint density at radius 1 is 0.566 bits per heavy atom. The Bertz CT molecular complexity index is 2240. The lowest BCUT2D eigenvalue weighted by Crippen LogP contribution is -2.35. The third-order valence-corrected chi connectivity index (χ3v) is 19.0. The molecule has 0 N–H and O–H groups in total. The second-order valence-corrected chi connectivity index (χ2v) is 21.9. The number of hydrogen-bond acceptors (Lipinski definition) is 9. The van der Waals surface area contributed by atoms with E-state index in [4.69, 9.17) is 9.98 Å². The van der Waals surface area contributed by atoms with Gasteiger partial charge in [0.05, 0.1) is 15.3 Å². The Hall–Kier alpha value is -2.88. The van der Waals surface area contributed by atoms with E-state index in [1.54, 1.807) is 22.7 Å². The van der Waals surface area contributed by atoms with Crippen molar-refractivity contribution in [3.63, 3.8) is 0 Å². The van der Waals surface area contributed by atoms with Crippen molar-refractivity contribution in [3.05, 3.63) is 33.3 Å².